The van der Waals surface area contributed by atoms with E-state index in [1.54, 1.807) is 23.3 Å². The molecule has 1 N–H and O–H groups in total. The van der Waals surface area contributed by atoms with Gasteiger partial charge in [0.05, 0.1) is 18.2 Å². The van der Waals surface area contributed by atoms with Crippen LogP contribution in [0.5, 0.6) is 0 Å². The Balaban J connectivity index is 1.37. The van der Waals surface area contributed by atoms with E-state index in [4.69, 9.17) is 0 Å². The van der Waals surface area contributed by atoms with Crippen molar-refractivity contribution in [2.24, 2.45) is 7.05 Å². The number of aromatic nitrogens is 5. The number of rotatable bonds is 6. The highest BCUT2D eigenvalue weighted by molar-refractivity contribution is 5.75. The average molecular weight is 364 g/mol. The zero-order chi connectivity index (χ0) is 18.8. The second-order valence-electron chi connectivity index (χ2n) is 6.82. The molecule has 1 aliphatic rings. The summed E-state index contributed by atoms with van der Waals surface area (Å²) in [5.41, 5.74) is 3.41. The molecule has 0 bridgehead atoms. The van der Waals surface area contributed by atoms with Gasteiger partial charge in [0.2, 0.25) is 5.91 Å². The number of hydrogen-bond donors (Lipinski definition) is 1. The van der Waals surface area contributed by atoms with Crippen LogP contribution in [0, 0.1) is 0 Å². The first-order chi connectivity index (χ1) is 13.1. The minimum absolute atomic E-state index is 0.0491. The molecule has 3 aromatic rings. The molecule has 138 valence electrons. The molecule has 0 unspecified atom stereocenters. The Hall–Kier alpha value is -3.29. The van der Waals surface area contributed by atoms with Crippen LogP contribution >= 0.6 is 0 Å². The number of amides is 1. The number of nitrogens with one attached hydrogen (secondary N) is 1. The lowest BCUT2D eigenvalue weighted by Gasteiger charge is -2.08. The molecule has 8 nitrogen and oxygen atoms in total. The van der Waals surface area contributed by atoms with Crippen LogP contribution in [0.25, 0.3) is 11.1 Å². The molecule has 3 aromatic heterocycles. The highest BCUT2D eigenvalue weighted by Gasteiger charge is 2.25. The molecule has 1 fully saturated rings. The molecule has 8 heteroatoms. The summed E-state index contributed by atoms with van der Waals surface area (Å²) in [6, 6.07) is 3.49. The largest absolute Gasteiger partial charge is 0.350 e. The molecule has 1 saturated carbocycles. The molecular formula is C19H20N6O2. The normalized spacial score (nSPS) is 13.5. The first-order valence-corrected chi connectivity index (χ1v) is 8.84. The molecule has 0 atom stereocenters. The first kappa shape index (κ1) is 17.1. The Kier molecular flexibility index (Phi) is 4.53. The average Bonchev–Trinajstić information content (AvgIpc) is 3.43. The van der Waals surface area contributed by atoms with E-state index in [9.17, 15) is 9.59 Å². The van der Waals surface area contributed by atoms with Crippen molar-refractivity contribution in [1.82, 2.24) is 29.6 Å². The van der Waals surface area contributed by atoms with Gasteiger partial charge >= 0.3 is 0 Å². The van der Waals surface area contributed by atoms with Crippen LogP contribution in [0.4, 0.5) is 0 Å². The fourth-order valence-corrected chi connectivity index (χ4v) is 2.88. The Morgan fingerprint density at radius 3 is 2.78 bits per heavy atom. The van der Waals surface area contributed by atoms with Crippen LogP contribution in [0.1, 0.15) is 30.0 Å². The van der Waals surface area contributed by atoms with E-state index < -0.39 is 0 Å². The molecule has 27 heavy (non-hydrogen) atoms. The van der Waals surface area contributed by atoms with Gasteiger partial charge in [0, 0.05) is 55.3 Å². The summed E-state index contributed by atoms with van der Waals surface area (Å²) in [5, 5.41) is 6.97. The minimum atomic E-state index is -0.246. The maximum absolute atomic E-state index is 12.2. The maximum Gasteiger partial charge on any atom is 0.254 e. The quantitative estimate of drug-likeness (QED) is 0.710. The van der Waals surface area contributed by atoms with E-state index in [2.05, 4.69) is 20.4 Å². The molecular weight excluding hydrogens is 344 g/mol. The molecule has 1 amide bonds. The van der Waals surface area contributed by atoms with E-state index in [1.807, 2.05) is 19.3 Å². The van der Waals surface area contributed by atoms with E-state index >= 15 is 0 Å². The third-order valence-corrected chi connectivity index (χ3v) is 4.53. The number of carbonyl (C=O) groups is 1. The molecule has 0 aromatic carbocycles. The summed E-state index contributed by atoms with van der Waals surface area (Å²) in [7, 11) is 1.86. The summed E-state index contributed by atoms with van der Waals surface area (Å²) in [6.07, 6.45) is 10.8. The number of carbonyl (C=O) groups excluding carboxylic acids is 1. The number of nitrogens with zero attached hydrogens (tertiary/aromatic N) is 5. The Bertz CT molecular complexity index is 1030. The van der Waals surface area contributed by atoms with Crippen LogP contribution in [0.2, 0.25) is 0 Å². The van der Waals surface area contributed by atoms with Crippen LogP contribution in [-0.4, -0.2) is 30.2 Å². The minimum Gasteiger partial charge on any atom is -0.350 e. The van der Waals surface area contributed by atoms with Gasteiger partial charge in [-0.1, -0.05) is 0 Å². The van der Waals surface area contributed by atoms with Gasteiger partial charge in [-0.25, -0.2) is 4.98 Å². The van der Waals surface area contributed by atoms with Gasteiger partial charge in [0.15, 0.2) is 0 Å². The Labute approximate surface area is 155 Å². The van der Waals surface area contributed by atoms with Crippen molar-refractivity contribution in [1.29, 1.82) is 0 Å². The summed E-state index contributed by atoms with van der Waals surface area (Å²) in [6.45, 7) is 0.286. The fourth-order valence-electron chi connectivity index (χ4n) is 2.88. The third kappa shape index (κ3) is 4.11. The lowest BCUT2D eigenvalue weighted by atomic mass is 10.1. The molecule has 0 spiro atoms. The van der Waals surface area contributed by atoms with E-state index in [1.165, 1.54) is 17.0 Å². The molecule has 4 rings (SSSR count). The van der Waals surface area contributed by atoms with Crippen LogP contribution < -0.4 is 10.9 Å². The zero-order valence-corrected chi connectivity index (χ0v) is 15.0. The van der Waals surface area contributed by atoms with Crippen molar-refractivity contribution in [2.45, 2.75) is 31.8 Å². The zero-order valence-electron chi connectivity index (χ0n) is 15.0. The second kappa shape index (κ2) is 7.14. The topological polar surface area (TPSA) is 94.7 Å². The lowest BCUT2D eigenvalue weighted by molar-refractivity contribution is -0.121. The Morgan fingerprint density at radius 2 is 2.07 bits per heavy atom. The van der Waals surface area contributed by atoms with Gasteiger partial charge in [-0.05, 0) is 24.5 Å². The number of aryl methyl sites for hydroxylation is 1. The van der Waals surface area contributed by atoms with E-state index in [0.29, 0.717) is 12.5 Å². The highest BCUT2D eigenvalue weighted by Crippen LogP contribution is 2.38. The Morgan fingerprint density at radius 1 is 1.22 bits per heavy atom. The van der Waals surface area contributed by atoms with Gasteiger partial charge in [-0.15, -0.1) is 0 Å². The van der Waals surface area contributed by atoms with Crippen LogP contribution in [0.3, 0.4) is 0 Å². The summed E-state index contributed by atoms with van der Waals surface area (Å²) in [4.78, 5) is 32.8. The van der Waals surface area contributed by atoms with Crippen molar-refractivity contribution < 1.29 is 4.79 Å². The predicted octanol–water partition coefficient (Wildman–Crippen LogP) is 1.23. The van der Waals surface area contributed by atoms with Crippen LogP contribution in [0.15, 0.2) is 48.0 Å². The number of pyridine rings is 1. The summed E-state index contributed by atoms with van der Waals surface area (Å²) < 4.78 is 3.05. The standard InChI is InChI=1S/C19H20N6O2/c1-24-10-16(9-23-24)15-4-13(6-20-8-15)7-21-18(26)11-25-12-22-17(5-19(25)27)14-2-3-14/h4-6,8-10,12,14H,2-3,7,11H2,1H3,(H,21,26). The van der Waals surface area contributed by atoms with Crippen molar-refractivity contribution in [3.8, 4) is 11.1 Å². The first-order valence-electron chi connectivity index (χ1n) is 8.84. The van der Waals surface area contributed by atoms with Gasteiger partial charge in [0.1, 0.15) is 6.54 Å². The van der Waals surface area contributed by atoms with Gasteiger partial charge in [-0.3, -0.25) is 23.8 Å². The van der Waals surface area contributed by atoms with E-state index in [0.717, 1.165) is 35.2 Å². The smallest absolute Gasteiger partial charge is 0.254 e. The molecule has 3 heterocycles. The predicted molar refractivity (Wildman–Crippen MR) is 98.8 cm³/mol. The number of hydrogen-bond acceptors (Lipinski definition) is 5. The summed E-state index contributed by atoms with van der Waals surface area (Å²) in [5.74, 6) is 0.172. The van der Waals surface area contributed by atoms with Gasteiger partial charge in [0.25, 0.3) is 5.56 Å². The molecule has 1 aliphatic carbocycles. The van der Waals surface area contributed by atoms with Crippen molar-refractivity contribution in [3.63, 3.8) is 0 Å². The molecule has 0 aliphatic heterocycles. The second-order valence-corrected chi connectivity index (χ2v) is 6.82. The van der Waals surface area contributed by atoms with Gasteiger partial charge in [-0.2, -0.15) is 5.10 Å². The third-order valence-electron chi connectivity index (χ3n) is 4.53. The van der Waals surface area contributed by atoms with Gasteiger partial charge < -0.3 is 5.32 Å². The molecule has 0 radical (unpaired) electrons. The maximum atomic E-state index is 12.2. The van der Waals surface area contributed by atoms with E-state index in [-0.39, 0.29) is 18.0 Å². The van der Waals surface area contributed by atoms with Crippen molar-refractivity contribution in [2.75, 3.05) is 0 Å². The highest BCUT2D eigenvalue weighted by atomic mass is 16.2. The van der Waals surface area contributed by atoms with Crippen molar-refractivity contribution in [3.05, 3.63) is 64.9 Å². The monoisotopic (exact) mass is 364 g/mol. The van der Waals surface area contributed by atoms with Crippen molar-refractivity contribution >= 4 is 5.91 Å². The molecule has 0 saturated heterocycles. The lowest BCUT2D eigenvalue weighted by Crippen LogP contribution is -2.32. The fraction of sp³-hybridized carbons (Fsp3) is 0.316. The van der Waals surface area contributed by atoms with Crippen LogP contribution in [-0.2, 0) is 24.9 Å². The SMILES string of the molecule is Cn1cc(-c2cncc(CNC(=O)Cn3cnc(C4CC4)cc3=O)c2)cn1. The summed E-state index contributed by atoms with van der Waals surface area (Å²) >= 11 is 0.